The van der Waals surface area contributed by atoms with Gasteiger partial charge in [-0.25, -0.2) is 0 Å². The summed E-state index contributed by atoms with van der Waals surface area (Å²) in [6, 6.07) is 9.75. The van der Waals surface area contributed by atoms with E-state index in [0.717, 1.165) is 12.0 Å². The molecule has 3 rings (SSSR count). The largest absolute Gasteiger partial charge is 0.303 e. The van der Waals surface area contributed by atoms with E-state index in [2.05, 4.69) is 42.8 Å². The Morgan fingerprint density at radius 1 is 1.30 bits per heavy atom. The van der Waals surface area contributed by atoms with Gasteiger partial charge in [0.15, 0.2) is 0 Å². The highest BCUT2D eigenvalue weighted by atomic mass is 16.1. The molecule has 3 unspecified atom stereocenters. The average molecular weight is 269 g/mol. The van der Waals surface area contributed by atoms with Crippen LogP contribution in [0, 0.1) is 5.92 Å². The summed E-state index contributed by atoms with van der Waals surface area (Å²) < 4.78 is 0. The third-order valence-corrected chi connectivity index (χ3v) is 5.32. The van der Waals surface area contributed by atoms with E-state index in [4.69, 9.17) is 0 Å². The number of aldehydes is 1. The van der Waals surface area contributed by atoms with Gasteiger partial charge in [-0.05, 0) is 50.3 Å². The Kier molecular flexibility index (Phi) is 3.51. The van der Waals surface area contributed by atoms with Gasteiger partial charge in [0.05, 0.1) is 0 Å². The minimum absolute atomic E-state index is 0.148. The topological polar surface area (TPSA) is 20.3 Å². The maximum atomic E-state index is 11.6. The van der Waals surface area contributed by atoms with Crippen LogP contribution in [0.15, 0.2) is 30.8 Å². The first kappa shape index (κ1) is 13.6. The lowest BCUT2D eigenvalue weighted by atomic mass is 9.77. The van der Waals surface area contributed by atoms with E-state index in [1.54, 1.807) is 0 Å². The number of allylic oxidation sites excluding steroid dienone is 1. The highest BCUT2D eigenvalue weighted by molar-refractivity contribution is 5.62. The van der Waals surface area contributed by atoms with Crippen LogP contribution < -0.4 is 0 Å². The van der Waals surface area contributed by atoms with Crippen LogP contribution in [-0.4, -0.2) is 30.3 Å². The van der Waals surface area contributed by atoms with Crippen molar-refractivity contribution in [1.82, 2.24) is 4.90 Å². The van der Waals surface area contributed by atoms with E-state index < -0.39 is 0 Å². The summed E-state index contributed by atoms with van der Waals surface area (Å²) >= 11 is 0. The molecule has 106 valence electrons. The summed E-state index contributed by atoms with van der Waals surface area (Å²) in [4.78, 5) is 14.0. The summed E-state index contributed by atoms with van der Waals surface area (Å²) in [7, 11) is 2.18. The highest BCUT2D eigenvalue weighted by Crippen LogP contribution is 2.45. The molecular weight excluding hydrogens is 246 g/mol. The minimum Gasteiger partial charge on any atom is -0.303 e. The number of rotatable bonds is 3. The molecule has 2 fully saturated rings. The second-order valence-corrected chi connectivity index (χ2v) is 6.42. The predicted molar refractivity (Wildman–Crippen MR) is 82.6 cm³/mol. The van der Waals surface area contributed by atoms with E-state index in [9.17, 15) is 4.79 Å². The van der Waals surface area contributed by atoms with Gasteiger partial charge in [-0.3, -0.25) is 4.90 Å². The summed E-state index contributed by atoms with van der Waals surface area (Å²) in [6.07, 6.45) is 4.72. The fraction of sp³-hybridized carbons (Fsp3) is 0.500. The summed E-state index contributed by atoms with van der Waals surface area (Å²) in [6.45, 7) is 6.01. The van der Waals surface area contributed by atoms with Gasteiger partial charge in [-0.15, -0.1) is 0 Å². The second kappa shape index (κ2) is 5.17. The smallest absolute Gasteiger partial charge is 0.125 e. The van der Waals surface area contributed by atoms with Crippen LogP contribution in [0.2, 0.25) is 0 Å². The molecule has 20 heavy (non-hydrogen) atoms. The fourth-order valence-corrected chi connectivity index (χ4v) is 4.07. The summed E-state index contributed by atoms with van der Waals surface area (Å²) in [5.41, 5.74) is 3.59. The Bertz CT molecular complexity index is 519. The number of nitrogens with zero attached hydrogens (tertiary/aromatic N) is 1. The van der Waals surface area contributed by atoms with Crippen molar-refractivity contribution in [2.24, 2.45) is 5.92 Å². The number of fused-ring (bicyclic) bond motifs is 2. The number of piperidine rings is 1. The van der Waals surface area contributed by atoms with Crippen molar-refractivity contribution in [2.45, 2.75) is 44.2 Å². The van der Waals surface area contributed by atoms with Crippen molar-refractivity contribution >= 4 is 11.9 Å². The normalized spacial score (nSPS) is 33.1. The first-order valence-electron chi connectivity index (χ1n) is 7.55. The van der Waals surface area contributed by atoms with Crippen LogP contribution in [0.4, 0.5) is 0 Å². The van der Waals surface area contributed by atoms with Crippen molar-refractivity contribution in [3.63, 3.8) is 0 Å². The monoisotopic (exact) mass is 269 g/mol. The molecule has 2 aliphatic heterocycles. The summed E-state index contributed by atoms with van der Waals surface area (Å²) in [5.74, 6) is 0.537. The van der Waals surface area contributed by atoms with Gasteiger partial charge in [0.1, 0.15) is 6.29 Å². The molecule has 1 aromatic rings. The van der Waals surface area contributed by atoms with Gasteiger partial charge in [0, 0.05) is 18.0 Å². The van der Waals surface area contributed by atoms with E-state index in [-0.39, 0.29) is 5.92 Å². The molecular formula is C18H23NO. The van der Waals surface area contributed by atoms with E-state index in [0.29, 0.717) is 18.0 Å². The third-order valence-electron chi connectivity index (χ3n) is 5.32. The Balaban J connectivity index is 1.89. The molecule has 0 spiro atoms. The van der Waals surface area contributed by atoms with Crippen LogP contribution in [0.5, 0.6) is 0 Å². The van der Waals surface area contributed by atoms with Crippen LogP contribution in [0.1, 0.15) is 43.2 Å². The average Bonchev–Trinajstić information content (AvgIpc) is 2.71. The van der Waals surface area contributed by atoms with Crippen LogP contribution >= 0.6 is 0 Å². The van der Waals surface area contributed by atoms with Crippen molar-refractivity contribution in [2.75, 3.05) is 7.05 Å². The molecule has 0 aliphatic carbocycles. The fourth-order valence-electron chi connectivity index (χ4n) is 4.07. The first-order chi connectivity index (χ1) is 9.61. The second-order valence-electron chi connectivity index (χ2n) is 6.42. The zero-order chi connectivity index (χ0) is 14.3. The standard InChI is InChI=1S/C18H23NO/c1-12(2)13-4-6-14(7-5-13)16-10-15-8-9-18(19(15)3)17(16)11-20/h4-7,11,15-18H,1,8-10H2,2-3H3/t15?,16-,17?,18?/m1/s1. The number of benzene rings is 1. The number of carbonyl (C=O) groups excluding carboxylic acids is 1. The molecule has 0 aromatic heterocycles. The van der Waals surface area contributed by atoms with E-state index in [1.165, 1.54) is 30.3 Å². The van der Waals surface area contributed by atoms with Crippen LogP contribution in [0.3, 0.4) is 0 Å². The molecule has 4 atom stereocenters. The zero-order valence-corrected chi connectivity index (χ0v) is 12.4. The van der Waals surface area contributed by atoms with Crippen LogP contribution in [0.25, 0.3) is 5.57 Å². The van der Waals surface area contributed by atoms with Crippen molar-refractivity contribution < 1.29 is 4.79 Å². The van der Waals surface area contributed by atoms with Gasteiger partial charge in [0.25, 0.3) is 0 Å². The summed E-state index contributed by atoms with van der Waals surface area (Å²) in [5, 5.41) is 0. The molecule has 0 amide bonds. The quantitative estimate of drug-likeness (QED) is 0.783. The number of carbonyl (C=O) groups is 1. The number of hydrogen-bond acceptors (Lipinski definition) is 2. The molecule has 2 heterocycles. The molecule has 0 saturated carbocycles. The number of hydrogen-bond donors (Lipinski definition) is 0. The van der Waals surface area contributed by atoms with Gasteiger partial charge < -0.3 is 4.79 Å². The zero-order valence-electron chi connectivity index (χ0n) is 12.4. The maximum Gasteiger partial charge on any atom is 0.125 e. The maximum absolute atomic E-state index is 11.6. The molecule has 1 aromatic carbocycles. The third kappa shape index (κ3) is 2.12. The Morgan fingerprint density at radius 3 is 2.60 bits per heavy atom. The van der Waals surface area contributed by atoms with Gasteiger partial charge in [-0.2, -0.15) is 0 Å². The molecule has 2 saturated heterocycles. The molecule has 2 bridgehead atoms. The van der Waals surface area contributed by atoms with Crippen LogP contribution in [-0.2, 0) is 4.79 Å². The lowest BCUT2D eigenvalue weighted by molar-refractivity contribution is -0.114. The molecule has 0 radical (unpaired) electrons. The van der Waals surface area contributed by atoms with Crippen molar-refractivity contribution in [1.29, 1.82) is 0 Å². The van der Waals surface area contributed by atoms with Crippen molar-refractivity contribution in [3.8, 4) is 0 Å². The van der Waals surface area contributed by atoms with Crippen molar-refractivity contribution in [3.05, 3.63) is 42.0 Å². The lowest BCUT2D eigenvalue weighted by Gasteiger charge is -2.41. The van der Waals surface area contributed by atoms with E-state index in [1.807, 2.05) is 6.92 Å². The Hall–Kier alpha value is -1.41. The highest BCUT2D eigenvalue weighted by Gasteiger charge is 2.45. The van der Waals surface area contributed by atoms with Gasteiger partial charge in [0.2, 0.25) is 0 Å². The SMILES string of the molecule is C=C(C)c1ccc([C@H]2CC3CCC(C2C=O)N3C)cc1. The predicted octanol–water partition coefficient (Wildman–Crippen LogP) is 3.48. The molecule has 2 nitrogen and oxygen atoms in total. The Labute approximate surface area is 121 Å². The Morgan fingerprint density at radius 2 is 2.00 bits per heavy atom. The molecule has 2 heteroatoms. The van der Waals surface area contributed by atoms with Gasteiger partial charge in [-0.1, -0.05) is 36.4 Å². The van der Waals surface area contributed by atoms with E-state index >= 15 is 0 Å². The minimum atomic E-state index is 0.148. The van der Waals surface area contributed by atoms with Gasteiger partial charge >= 0.3 is 0 Å². The first-order valence-corrected chi connectivity index (χ1v) is 7.55. The molecule has 0 N–H and O–H groups in total. The lowest BCUT2D eigenvalue weighted by Crippen LogP contribution is -2.46. The molecule has 2 aliphatic rings.